The van der Waals surface area contributed by atoms with E-state index in [-0.39, 0.29) is 0 Å². The Morgan fingerprint density at radius 3 is 2.47 bits per heavy atom. The molecule has 1 aliphatic rings. The molecule has 152 valence electrons. The lowest BCUT2D eigenvalue weighted by Gasteiger charge is -2.06. The van der Waals surface area contributed by atoms with Crippen LogP contribution in [0, 0.1) is 0 Å². The van der Waals surface area contributed by atoms with E-state index in [9.17, 15) is 4.79 Å². The zero-order chi connectivity index (χ0) is 20.9. The first-order valence-corrected chi connectivity index (χ1v) is 10.4. The molecule has 0 heterocycles. The van der Waals surface area contributed by atoms with E-state index in [0.29, 0.717) is 17.9 Å². The van der Waals surface area contributed by atoms with Crippen molar-refractivity contribution in [1.29, 1.82) is 0 Å². The maximum Gasteiger partial charge on any atom is 0.365 e. The SMILES string of the molecule is CCCCOc1ccc(C(=O)O/N=C(\C)c2ccc3c(c2)Cc2ccccc2-3)cc1. The molecule has 0 aromatic heterocycles. The summed E-state index contributed by atoms with van der Waals surface area (Å²) in [5, 5.41) is 4.06. The largest absolute Gasteiger partial charge is 0.494 e. The standard InChI is InChI=1S/C26H25NO3/c1-3-4-15-29-23-12-9-19(10-13-23)26(28)30-27-18(2)20-11-14-25-22(16-20)17-21-7-5-6-8-24(21)25/h5-14,16H,3-4,15,17H2,1-2H3/b27-18+. The van der Waals surface area contributed by atoms with Crippen molar-refractivity contribution < 1.29 is 14.4 Å². The molecule has 0 amide bonds. The molecule has 30 heavy (non-hydrogen) atoms. The molecule has 3 aromatic carbocycles. The molecule has 0 bridgehead atoms. The van der Waals surface area contributed by atoms with E-state index >= 15 is 0 Å². The number of nitrogens with zero attached hydrogens (tertiary/aromatic N) is 1. The number of hydrogen-bond acceptors (Lipinski definition) is 4. The molecule has 4 rings (SSSR count). The molecule has 0 unspecified atom stereocenters. The molecular weight excluding hydrogens is 374 g/mol. The fourth-order valence-electron chi connectivity index (χ4n) is 3.61. The highest BCUT2D eigenvalue weighted by atomic mass is 16.7. The number of oxime groups is 1. The van der Waals surface area contributed by atoms with Gasteiger partial charge in [-0.3, -0.25) is 0 Å². The number of ether oxygens (including phenoxy) is 1. The molecule has 0 N–H and O–H groups in total. The third kappa shape index (κ3) is 4.28. The maximum atomic E-state index is 12.3. The van der Waals surface area contributed by atoms with Gasteiger partial charge in [0.25, 0.3) is 0 Å². The van der Waals surface area contributed by atoms with Crippen molar-refractivity contribution in [2.24, 2.45) is 5.16 Å². The van der Waals surface area contributed by atoms with Crippen LogP contribution < -0.4 is 4.74 Å². The van der Waals surface area contributed by atoms with E-state index in [2.05, 4.69) is 48.5 Å². The highest BCUT2D eigenvalue weighted by molar-refractivity contribution is 6.00. The number of carbonyl (C=O) groups is 1. The molecule has 4 heteroatoms. The van der Waals surface area contributed by atoms with Crippen LogP contribution in [0.25, 0.3) is 11.1 Å². The minimum absolute atomic E-state index is 0.443. The molecule has 0 aliphatic heterocycles. The molecule has 3 aromatic rings. The molecule has 0 atom stereocenters. The molecule has 0 saturated carbocycles. The number of unbranched alkanes of at least 4 members (excludes halogenated alkanes) is 1. The van der Waals surface area contributed by atoms with Gasteiger partial charge >= 0.3 is 5.97 Å². The van der Waals surface area contributed by atoms with Gasteiger partial charge in [0.15, 0.2) is 0 Å². The third-order valence-electron chi connectivity index (χ3n) is 5.33. The summed E-state index contributed by atoms with van der Waals surface area (Å²) in [4.78, 5) is 17.5. The van der Waals surface area contributed by atoms with Crippen molar-refractivity contribution in [1.82, 2.24) is 0 Å². The Morgan fingerprint density at radius 2 is 1.67 bits per heavy atom. The predicted octanol–water partition coefficient (Wildman–Crippen LogP) is 6.02. The second-order valence-corrected chi connectivity index (χ2v) is 7.49. The minimum atomic E-state index is -0.483. The van der Waals surface area contributed by atoms with Crippen LogP contribution in [-0.4, -0.2) is 18.3 Å². The van der Waals surface area contributed by atoms with Gasteiger partial charge in [-0.1, -0.05) is 54.9 Å². The Hall–Kier alpha value is -3.40. The van der Waals surface area contributed by atoms with Gasteiger partial charge in [0.1, 0.15) is 5.75 Å². The average molecular weight is 399 g/mol. The first-order chi connectivity index (χ1) is 14.7. The number of fused-ring (bicyclic) bond motifs is 3. The maximum absolute atomic E-state index is 12.3. The van der Waals surface area contributed by atoms with Gasteiger partial charge < -0.3 is 9.57 Å². The van der Waals surface area contributed by atoms with Crippen LogP contribution in [0.4, 0.5) is 0 Å². The van der Waals surface area contributed by atoms with Crippen LogP contribution in [-0.2, 0) is 11.3 Å². The Bertz CT molecular complexity index is 1080. The van der Waals surface area contributed by atoms with E-state index in [0.717, 1.165) is 30.6 Å². The van der Waals surface area contributed by atoms with Crippen molar-refractivity contribution >= 4 is 11.7 Å². The summed E-state index contributed by atoms with van der Waals surface area (Å²) < 4.78 is 5.62. The smallest absolute Gasteiger partial charge is 0.365 e. The minimum Gasteiger partial charge on any atom is -0.494 e. The fraction of sp³-hybridized carbons (Fsp3) is 0.231. The van der Waals surface area contributed by atoms with Crippen molar-refractivity contribution in [3.63, 3.8) is 0 Å². The molecule has 4 nitrogen and oxygen atoms in total. The van der Waals surface area contributed by atoms with Crippen LogP contribution in [0.2, 0.25) is 0 Å². The Balaban J connectivity index is 1.41. The van der Waals surface area contributed by atoms with E-state index in [1.807, 2.05) is 13.0 Å². The lowest BCUT2D eigenvalue weighted by Crippen LogP contribution is -2.04. The average Bonchev–Trinajstić information content (AvgIpc) is 3.15. The van der Waals surface area contributed by atoms with Crippen LogP contribution in [0.15, 0.2) is 71.9 Å². The second-order valence-electron chi connectivity index (χ2n) is 7.49. The lowest BCUT2D eigenvalue weighted by molar-refractivity contribution is 0.0516. The normalized spacial score (nSPS) is 12.3. The van der Waals surface area contributed by atoms with Crippen molar-refractivity contribution in [2.75, 3.05) is 6.61 Å². The quantitative estimate of drug-likeness (QED) is 0.165. The second kappa shape index (κ2) is 8.95. The first kappa shape index (κ1) is 19.9. The van der Waals surface area contributed by atoms with Gasteiger partial charge in [0, 0.05) is 0 Å². The summed E-state index contributed by atoms with van der Waals surface area (Å²) in [6.45, 7) is 4.64. The van der Waals surface area contributed by atoms with E-state index in [1.165, 1.54) is 22.3 Å². The van der Waals surface area contributed by atoms with Gasteiger partial charge in [-0.15, -0.1) is 0 Å². The van der Waals surface area contributed by atoms with Gasteiger partial charge in [0.05, 0.1) is 17.9 Å². The summed E-state index contributed by atoms with van der Waals surface area (Å²) in [5.41, 5.74) is 7.23. The monoisotopic (exact) mass is 399 g/mol. The molecule has 0 radical (unpaired) electrons. The highest BCUT2D eigenvalue weighted by Gasteiger charge is 2.18. The molecule has 0 fully saturated rings. The summed E-state index contributed by atoms with van der Waals surface area (Å²) >= 11 is 0. The number of carbonyl (C=O) groups excluding carboxylic acids is 1. The molecule has 1 aliphatic carbocycles. The zero-order valence-electron chi connectivity index (χ0n) is 17.4. The van der Waals surface area contributed by atoms with Crippen molar-refractivity contribution in [3.05, 3.63) is 89.0 Å². The molecule has 0 spiro atoms. The van der Waals surface area contributed by atoms with E-state index in [4.69, 9.17) is 9.57 Å². The summed E-state index contributed by atoms with van der Waals surface area (Å²) in [7, 11) is 0. The van der Waals surface area contributed by atoms with E-state index < -0.39 is 5.97 Å². The highest BCUT2D eigenvalue weighted by Crippen LogP contribution is 2.36. The number of benzene rings is 3. The fourth-order valence-corrected chi connectivity index (χ4v) is 3.61. The van der Waals surface area contributed by atoms with Gasteiger partial charge in [0.2, 0.25) is 0 Å². The van der Waals surface area contributed by atoms with Crippen LogP contribution in [0.5, 0.6) is 5.75 Å². The summed E-state index contributed by atoms with van der Waals surface area (Å²) in [6, 6.07) is 21.7. The third-order valence-corrected chi connectivity index (χ3v) is 5.33. The van der Waals surface area contributed by atoms with Gasteiger partial charge in [-0.2, -0.15) is 0 Å². The Labute approximate surface area is 177 Å². The van der Waals surface area contributed by atoms with Crippen LogP contribution in [0.1, 0.15) is 53.7 Å². The summed E-state index contributed by atoms with van der Waals surface area (Å²) in [5.74, 6) is 0.266. The zero-order valence-corrected chi connectivity index (χ0v) is 17.4. The van der Waals surface area contributed by atoms with Crippen LogP contribution >= 0.6 is 0 Å². The van der Waals surface area contributed by atoms with E-state index in [1.54, 1.807) is 24.3 Å². The summed E-state index contributed by atoms with van der Waals surface area (Å²) in [6.07, 6.45) is 3.00. The lowest BCUT2D eigenvalue weighted by atomic mass is 10.0. The first-order valence-electron chi connectivity index (χ1n) is 10.4. The van der Waals surface area contributed by atoms with Crippen molar-refractivity contribution in [2.45, 2.75) is 33.1 Å². The molecule has 0 saturated heterocycles. The number of rotatable bonds is 7. The van der Waals surface area contributed by atoms with Gasteiger partial charge in [-0.05, 0) is 77.9 Å². The molecular formula is C26H25NO3. The Kier molecular flexibility index (Phi) is 5.94. The van der Waals surface area contributed by atoms with Gasteiger partial charge in [-0.25, -0.2) is 4.79 Å². The topological polar surface area (TPSA) is 47.9 Å². The predicted molar refractivity (Wildman–Crippen MR) is 119 cm³/mol. The van der Waals surface area contributed by atoms with Crippen LogP contribution in [0.3, 0.4) is 0 Å². The number of hydrogen-bond donors (Lipinski definition) is 0. The Morgan fingerprint density at radius 1 is 0.933 bits per heavy atom. The van der Waals surface area contributed by atoms with Crippen molar-refractivity contribution in [3.8, 4) is 16.9 Å².